The van der Waals surface area contributed by atoms with Crippen molar-refractivity contribution < 1.29 is 4.79 Å². The minimum absolute atomic E-state index is 0. The SMILES string of the molecule is CCC1CN2CCCC2CN1C(=O)C1CC2CCCC(C1)C2N.Cl. The summed E-state index contributed by atoms with van der Waals surface area (Å²) in [5, 5.41) is 0. The number of carbonyl (C=O) groups excluding carboxylic acids is 1. The van der Waals surface area contributed by atoms with E-state index in [1.165, 1.54) is 38.6 Å². The standard InChI is InChI=1S/C19H33N3O.ClH/c1-2-16-11-21-8-4-7-17(21)12-22(16)19(23)15-9-13-5-3-6-14(10-15)18(13)20;/h13-18H,2-12,20H2,1H3;1H. The van der Waals surface area contributed by atoms with Gasteiger partial charge in [0, 0.05) is 37.1 Å². The number of nitrogens with two attached hydrogens (primary N) is 1. The van der Waals surface area contributed by atoms with Crippen LogP contribution in [0.4, 0.5) is 0 Å². The molecule has 4 nitrogen and oxygen atoms in total. The molecule has 2 aliphatic heterocycles. The molecule has 0 aromatic carbocycles. The third kappa shape index (κ3) is 3.22. The minimum Gasteiger partial charge on any atom is -0.337 e. The number of halogens is 1. The molecule has 0 aromatic heterocycles. The summed E-state index contributed by atoms with van der Waals surface area (Å²) in [6, 6.07) is 1.43. The van der Waals surface area contributed by atoms with Gasteiger partial charge in [-0.1, -0.05) is 13.3 Å². The second-order valence-electron chi connectivity index (χ2n) is 8.54. The Labute approximate surface area is 152 Å². The van der Waals surface area contributed by atoms with Crippen molar-refractivity contribution in [1.29, 1.82) is 0 Å². The smallest absolute Gasteiger partial charge is 0.226 e. The van der Waals surface area contributed by atoms with Crippen LogP contribution in [0.3, 0.4) is 0 Å². The molecule has 2 heterocycles. The van der Waals surface area contributed by atoms with E-state index in [1.807, 2.05) is 0 Å². The molecule has 2 N–H and O–H groups in total. The van der Waals surface area contributed by atoms with Crippen molar-refractivity contribution in [1.82, 2.24) is 9.80 Å². The molecule has 1 amide bonds. The van der Waals surface area contributed by atoms with Crippen molar-refractivity contribution in [2.45, 2.75) is 76.4 Å². The third-order valence-electron chi connectivity index (χ3n) is 7.31. The van der Waals surface area contributed by atoms with Crippen LogP contribution in [0.2, 0.25) is 0 Å². The second-order valence-corrected chi connectivity index (χ2v) is 8.54. The maximum atomic E-state index is 13.3. The Morgan fingerprint density at radius 2 is 1.79 bits per heavy atom. The molecule has 2 aliphatic carbocycles. The van der Waals surface area contributed by atoms with Crippen LogP contribution in [-0.2, 0) is 4.79 Å². The molecule has 4 rings (SSSR count). The van der Waals surface area contributed by atoms with Gasteiger partial charge in [-0.2, -0.15) is 0 Å². The molecule has 4 fully saturated rings. The van der Waals surface area contributed by atoms with Gasteiger partial charge in [0.25, 0.3) is 0 Å². The minimum atomic E-state index is 0. The lowest BCUT2D eigenvalue weighted by Gasteiger charge is -2.48. The normalized spacial score (nSPS) is 42.3. The Kier molecular flexibility index (Phi) is 5.78. The maximum Gasteiger partial charge on any atom is 0.226 e. The first-order chi connectivity index (χ1) is 11.2. The monoisotopic (exact) mass is 355 g/mol. The molecule has 0 radical (unpaired) electrons. The molecule has 4 unspecified atom stereocenters. The zero-order valence-corrected chi connectivity index (χ0v) is 15.8. The van der Waals surface area contributed by atoms with Gasteiger partial charge in [-0.3, -0.25) is 9.69 Å². The van der Waals surface area contributed by atoms with Gasteiger partial charge < -0.3 is 10.6 Å². The fourth-order valence-corrected chi connectivity index (χ4v) is 5.93. The summed E-state index contributed by atoms with van der Waals surface area (Å²) in [5.41, 5.74) is 6.42. The number of rotatable bonds is 2. The first-order valence-electron chi connectivity index (χ1n) is 9.97. The summed E-state index contributed by atoms with van der Waals surface area (Å²) >= 11 is 0. The Hall–Kier alpha value is -0.320. The topological polar surface area (TPSA) is 49.6 Å². The van der Waals surface area contributed by atoms with Crippen LogP contribution >= 0.6 is 12.4 Å². The Balaban J connectivity index is 0.00000169. The number of amides is 1. The zero-order chi connectivity index (χ0) is 16.0. The number of fused-ring (bicyclic) bond motifs is 3. The van der Waals surface area contributed by atoms with Crippen molar-refractivity contribution in [2.75, 3.05) is 19.6 Å². The molecular formula is C19H34ClN3O. The predicted molar refractivity (Wildman–Crippen MR) is 99.2 cm³/mol. The number of hydrogen-bond acceptors (Lipinski definition) is 3. The fourth-order valence-electron chi connectivity index (χ4n) is 5.93. The molecule has 0 aromatic rings. The summed E-state index contributed by atoms with van der Waals surface area (Å²) in [4.78, 5) is 18.2. The second kappa shape index (κ2) is 7.51. The summed E-state index contributed by atoms with van der Waals surface area (Å²) < 4.78 is 0. The van der Waals surface area contributed by atoms with Crippen molar-refractivity contribution in [3.63, 3.8) is 0 Å². The Morgan fingerprint density at radius 1 is 1.08 bits per heavy atom. The number of hydrogen-bond donors (Lipinski definition) is 1. The summed E-state index contributed by atoms with van der Waals surface area (Å²) in [7, 11) is 0. The predicted octanol–water partition coefficient (Wildman–Crippen LogP) is 2.65. The van der Waals surface area contributed by atoms with Crippen molar-refractivity contribution in [3.05, 3.63) is 0 Å². The first kappa shape index (κ1) is 18.5. The highest BCUT2D eigenvalue weighted by atomic mass is 35.5. The third-order valence-corrected chi connectivity index (χ3v) is 7.31. The average molecular weight is 356 g/mol. The first-order valence-corrected chi connectivity index (χ1v) is 9.97. The van der Waals surface area contributed by atoms with Gasteiger partial charge in [-0.25, -0.2) is 0 Å². The van der Waals surface area contributed by atoms with Crippen LogP contribution in [0.1, 0.15) is 58.3 Å². The average Bonchev–Trinajstić information content (AvgIpc) is 3.00. The molecule has 138 valence electrons. The van der Waals surface area contributed by atoms with Crippen LogP contribution in [0.25, 0.3) is 0 Å². The maximum absolute atomic E-state index is 13.3. The van der Waals surface area contributed by atoms with Gasteiger partial charge in [0.15, 0.2) is 0 Å². The zero-order valence-electron chi connectivity index (χ0n) is 15.0. The molecule has 4 aliphatic rings. The molecule has 2 saturated carbocycles. The van der Waals surface area contributed by atoms with Crippen LogP contribution in [0.15, 0.2) is 0 Å². The summed E-state index contributed by atoms with van der Waals surface area (Å²) in [6.45, 7) is 5.57. The van der Waals surface area contributed by atoms with Crippen LogP contribution in [0.5, 0.6) is 0 Å². The lowest BCUT2D eigenvalue weighted by Crippen LogP contribution is -2.59. The molecule has 24 heavy (non-hydrogen) atoms. The quantitative estimate of drug-likeness (QED) is 0.828. The molecule has 0 spiro atoms. The summed E-state index contributed by atoms with van der Waals surface area (Å²) in [5.74, 6) is 1.92. The molecular weight excluding hydrogens is 322 g/mol. The lowest BCUT2D eigenvalue weighted by atomic mass is 9.65. The van der Waals surface area contributed by atoms with E-state index in [1.54, 1.807) is 0 Å². The number of piperazine rings is 1. The van der Waals surface area contributed by atoms with Gasteiger partial charge in [0.2, 0.25) is 5.91 Å². The van der Waals surface area contributed by atoms with Crippen LogP contribution in [0, 0.1) is 17.8 Å². The highest BCUT2D eigenvalue weighted by molar-refractivity contribution is 5.85. The summed E-state index contributed by atoms with van der Waals surface area (Å²) in [6.07, 6.45) is 9.60. The van der Waals surface area contributed by atoms with Gasteiger partial charge >= 0.3 is 0 Å². The Bertz CT molecular complexity index is 446. The van der Waals surface area contributed by atoms with E-state index in [0.717, 1.165) is 32.4 Å². The molecule has 5 heteroatoms. The van der Waals surface area contributed by atoms with E-state index in [0.29, 0.717) is 35.9 Å². The van der Waals surface area contributed by atoms with Gasteiger partial charge in [0.05, 0.1) is 0 Å². The van der Waals surface area contributed by atoms with E-state index >= 15 is 0 Å². The highest BCUT2D eigenvalue weighted by Crippen LogP contribution is 2.43. The molecule has 2 bridgehead atoms. The fraction of sp³-hybridized carbons (Fsp3) is 0.947. The van der Waals surface area contributed by atoms with Crippen molar-refractivity contribution in [3.8, 4) is 0 Å². The number of nitrogens with zero attached hydrogens (tertiary/aromatic N) is 2. The van der Waals surface area contributed by atoms with Crippen LogP contribution in [-0.4, -0.2) is 53.5 Å². The largest absolute Gasteiger partial charge is 0.337 e. The van der Waals surface area contributed by atoms with E-state index < -0.39 is 0 Å². The number of carbonyl (C=O) groups is 1. The van der Waals surface area contributed by atoms with Crippen LogP contribution < -0.4 is 5.73 Å². The van der Waals surface area contributed by atoms with Gasteiger partial charge in [-0.05, 0) is 63.3 Å². The molecule has 2 saturated heterocycles. The van der Waals surface area contributed by atoms with Gasteiger partial charge in [0.1, 0.15) is 0 Å². The highest BCUT2D eigenvalue weighted by Gasteiger charge is 2.44. The Morgan fingerprint density at radius 3 is 2.46 bits per heavy atom. The van der Waals surface area contributed by atoms with Crippen molar-refractivity contribution in [2.24, 2.45) is 23.5 Å². The van der Waals surface area contributed by atoms with E-state index in [9.17, 15) is 4.79 Å². The van der Waals surface area contributed by atoms with E-state index in [2.05, 4.69) is 16.7 Å². The lowest BCUT2D eigenvalue weighted by molar-refractivity contribution is -0.145. The van der Waals surface area contributed by atoms with Crippen molar-refractivity contribution >= 4 is 18.3 Å². The van der Waals surface area contributed by atoms with E-state index in [4.69, 9.17) is 5.73 Å². The molecule has 4 atom stereocenters. The van der Waals surface area contributed by atoms with E-state index in [-0.39, 0.29) is 18.3 Å². The van der Waals surface area contributed by atoms with Gasteiger partial charge in [-0.15, -0.1) is 12.4 Å².